The number of guanidine groups is 1. The second-order valence-corrected chi connectivity index (χ2v) is 7.66. The molecule has 146 valence electrons. The van der Waals surface area contributed by atoms with Crippen molar-refractivity contribution in [2.75, 3.05) is 19.6 Å². The molecular weight excluding hydrogens is 330 g/mol. The lowest BCUT2D eigenvalue weighted by Crippen LogP contribution is -2.39. The Hall–Kier alpha value is -2.31. The van der Waals surface area contributed by atoms with E-state index in [1.54, 1.807) is 17.3 Å². The first-order chi connectivity index (χ1) is 12.2. The van der Waals surface area contributed by atoms with Crippen LogP contribution in [-0.2, 0) is 11.3 Å². The molecule has 0 fully saturated rings. The third kappa shape index (κ3) is 9.86. The van der Waals surface area contributed by atoms with E-state index in [1.165, 1.54) is 0 Å². The molecule has 0 aliphatic carbocycles. The third-order valence-electron chi connectivity index (χ3n) is 3.29. The normalized spacial score (nSPS) is 12.2. The Bertz CT molecular complexity index is 567. The number of carbonyl (C=O) groups is 1. The summed E-state index contributed by atoms with van der Waals surface area (Å²) in [6, 6.07) is 3.80. The van der Waals surface area contributed by atoms with E-state index in [1.807, 2.05) is 32.9 Å². The number of rotatable bonds is 8. The number of aromatic nitrogens is 1. The summed E-state index contributed by atoms with van der Waals surface area (Å²) in [6.45, 7) is 12.1. The van der Waals surface area contributed by atoms with E-state index < -0.39 is 5.60 Å². The highest BCUT2D eigenvalue weighted by molar-refractivity contribution is 5.77. The zero-order valence-electron chi connectivity index (χ0n) is 16.7. The van der Waals surface area contributed by atoms with Crippen LogP contribution in [-0.4, -0.2) is 47.2 Å². The van der Waals surface area contributed by atoms with E-state index in [0.29, 0.717) is 38.1 Å². The number of amides is 1. The largest absolute Gasteiger partial charge is 0.444 e. The zero-order chi connectivity index (χ0) is 19.6. The van der Waals surface area contributed by atoms with Crippen LogP contribution in [0.2, 0.25) is 0 Å². The maximum atomic E-state index is 12.5. The van der Waals surface area contributed by atoms with E-state index in [-0.39, 0.29) is 6.09 Å². The lowest BCUT2D eigenvalue weighted by Gasteiger charge is -2.27. The van der Waals surface area contributed by atoms with Crippen LogP contribution in [0.3, 0.4) is 0 Å². The Morgan fingerprint density at radius 1 is 1.42 bits per heavy atom. The van der Waals surface area contributed by atoms with Crippen LogP contribution in [0, 0.1) is 5.92 Å². The summed E-state index contributed by atoms with van der Waals surface area (Å²) in [4.78, 5) is 22.5. The molecule has 1 amide bonds. The quantitative estimate of drug-likeness (QED) is 0.421. The molecule has 0 radical (unpaired) electrons. The number of aliphatic imine (C=N–C) groups is 1. The van der Waals surface area contributed by atoms with Gasteiger partial charge in [-0.05, 0) is 44.7 Å². The molecule has 0 saturated heterocycles. The van der Waals surface area contributed by atoms with Gasteiger partial charge in [0.15, 0.2) is 5.96 Å². The van der Waals surface area contributed by atoms with Crippen molar-refractivity contribution >= 4 is 12.1 Å². The summed E-state index contributed by atoms with van der Waals surface area (Å²) in [5.74, 6) is 0.910. The molecule has 7 nitrogen and oxygen atoms in total. The minimum atomic E-state index is -0.531. The molecule has 0 atom stereocenters. The van der Waals surface area contributed by atoms with Crippen molar-refractivity contribution in [3.05, 3.63) is 30.1 Å². The average Bonchev–Trinajstić information content (AvgIpc) is 2.55. The number of carbonyl (C=O) groups excluding carboxylic acids is 1. The highest BCUT2D eigenvalue weighted by Gasteiger charge is 2.22. The summed E-state index contributed by atoms with van der Waals surface area (Å²) >= 11 is 0. The van der Waals surface area contributed by atoms with Crippen molar-refractivity contribution in [3.63, 3.8) is 0 Å². The first-order valence-electron chi connectivity index (χ1n) is 9.08. The highest BCUT2D eigenvalue weighted by atomic mass is 16.6. The van der Waals surface area contributed by atoms with Gasteiger partial charge in [0.25, 0.3) is 0 Å². The van der Waals surface area contributed by atoms with Gasteiger partial charge in [-0.1, -0.05) is 19.9 Å². The number of hydrogen-bond acceptors (Lipinski definition) is 4. The van der Waals surface area contributed by atoms with Crippen molar-refractivity contribution in [3.8, 4) is 0 Å². The van der Waals surface area contributed by atoms with Gasteiger partial charge in [0, 0.05) is 32.0 Å². The van der Waals surface area contributed by atoms with Crippen LogP contribution in [0.1, 0.15) is 46.6 Å². The molecular formula is C19H33N5O2. The van der Waals surface area contributed by atoms with Crippen LogP contribution >= 0.6 is 0 Å². The zero-order valence-corrected chi connectivity index (χ0v) is 16.7. The molecule has 0 spiro atoms. The topological polar surface area (TPSA) is 92.8 Å². The number of nitrogens with zero attached hydrogens (tertiary/aromatic N) is 3. The number of ether oxygens (including phenoxy) is 1. The lowest BCUT2D eigenvalue weighted by atomic mass is 10.2. The molecule has 26 heavy (non-hydrogen) atoms. The van der Waals surface area contributed by atoms with Crippen LogP contribution in [0.15, 0.2) is 29.5 Å². The Morgan fingerprint density at radius 3 is 2.73 bits per heavy atom. The standard InChI is InChI=1S/C19H33N5O2/c1-15(2)12-23-17(20)22-10-7-11-24(18(25)26-19(3,4)5)14-16-8-6-9-21-13-16/h6,8-9,13,15H,7,10-12,14H2,1-5H3,(H3,20,22,23). The van der Waals surface area contributed by atoms with Gasteiger partial charge in [0.1, 0.15) is 5.60 Å². The van der Waals surface area contributed by atoms with Crippen LogP contribution in [0.5, 0.6) is 0 Å². The lowest BCUT2D eigenvalue weighted by molar-refractivity contribution is 0.0232. The molecule has 0 unspecified atom stereocenters. The Morgan fingerprint density at radius 2 is 2.15 bits per heavy atom. The second kappa shape index (κ2) is 10.6. The van der Waals surface area contributed by atoms with Crippen LogP contribution in [0.25, 0.3) is 0 Å². The Labute approximate surface area is 157 Å². The molecule has 7 heteroatoms. The van der Waals surface area contributed by atoms with Crippen molar-refractivity contribution in [2.24, 2.45) is 16.6 Å². The number of pyridine rings is 1. The second-order valence-electron chi connectivity index (χ2n) is 7.66. The van der Waals surface area contributed by atoms with Crippen LogP contribution < -0.4 is 11.1 Å². The summed E-state index contributed by atoms with van der Waals surface area (Å²) in [6.07, 6.45) is 3.87. The van der Waals surface area contributed by atoms with Crippen molar-refractivity contribution in [1.82, 2.24) is 15.2 Å². The smallest absolute Gasteiger partial charge is 0.410 e. The fourth-order valence-corrected chi connectivity index (χ4v) is 2.10. The van der Waals surface area contributed by atoms with Crippen molar-refractivity contribution in [2.45, 2.75) is 53.2 Å². The highest BCUT2D eigenvalue weighted by Crippen LogP contribution is 2.12. The molecule has 0 bridgehead atoms. The Kier molecular flexibility index (Phi) is 8.88. The van der Waals surface area contributed by atoms with E-state index >= 15 is 0 Å². The first-order valence-corrected chi connectivity index (χ1v) is 9.08. The van der Waals surface area contributed by atoms with Gasteiger partial charge < -0.3 is 20.7 Å². The molecule has 1 aromatic heterocycles. The fraction of sp³-hybridized carbons (Fsp3) is 0.632. The van der Waals surface area contributed by atoms with Crippen LogP contribution in [0.4, 0.5) is 4.79 Å². The average molecular weight is 364 g/mol. The van der Waals surface area contributed by atoms with Gasteiger partial charge in [0.2, 0.25) is 0 Å². The monoisotopic (exact) mass is 363 g/mol. The minimum absolute atomic E-state index is 0.331. The van der Waals surface area contributed by atoms with E-state index in [2.05, 4.69) is 29.1 Å². The number of nitrogens with one attached hydrogen (secondary N) is 1. The molecule has 0 aliphatic rings. The number of nitrogens with two attached hydrogens (primary N) is 1. The van der Waals surface area contributed by atoms with Gasteiger partial charge in [-0.15, -0.1) is 0 Å². The van der Waals surface area contributed by atoms with Gasteiger partial charge >= 0.3 is 6.09 Å². The van der Waals surface area contributed by atoms with E-state index in [9.17, 15) is 4.79 Å². The van der Waals surface area contributed by atoms with Gasteiger partial charge in [-0.3, -0.25) is 9.98 Å². The third-order valence-corrected chi connectivity index (χ3v) is 3.29. The van der Waals surface area contributed by atoms with Gasteiger partial charge in [0.05, 0.1) is 6.54 Å². The maximum absolute atomic E-state index is 12.5. The predicted octanol–water partition coefficient (Wildman–Crippen LogP) is 2.77. The molecule has 0 saturated carbocycles. The molecule has 1 aromatic rings. The van der Waals surface area contributed by atoms with Gasteiger partial charge in [-0.25, -0.2) is 4.79 Å². The van der Waals surface area contributed by atoms with E-state index in [0.717, 1.165) is 12.0 Å². The maximum Gasteiger partial charge on any atom is 0.410 e. The van der Waals surface area contributed by atoms with E-state index in [4.69, 9.17) is 10.5 Å². The number of hydrogen-bond donors (Lipinski definition) is 2. The summed E-state index contributed by atoms with van der Waals surface area (Å²) in [5, 5.41) is 3.08. The summed E-state index contributed by atoms with van der Waals surface area (Å²) in [7, 11) is 0. The Balaban J connectivity index is 2.56. The van der Waals surface area contributed by atoms with Crippen molar-refractivity contribution < 1.29 is 9.53 Å². The molecule has 0 aromatic carbocycles. The molecule has 1 rings (SSSR count). The predicted molar refractivity (Wildman–Crippen MR) is 105 cm³/mol. The SMILES string of the molecule is CC(C)CN=C(N)NCCCN(Cc1cccnc1)C(=O)OC(C)(C)C. The molecule has 1 heterocycles. The minimum Gasteiger partial charge on any atom is -0.444 e. The van der Waals surface area contributed by atoms with Crippen molar-refractivity contribution in [1.29, 1.82) is 0 Å². The molecule has 0 aliphatic heterocycles. The summed E-state index contributed by atoms with van der Waals surface area (Å²) in [5.41, 5.74) is 6.26. The fourth-order valence-electron chi connectivity index (χ4n) is 2.10. The van der Waals surface area contributed by atoms with Gasteiger partial charge in [-0.2, -0.15) is 0 Å². The summed E-state index contributed by atoms with van der Waals surface area (Å²) < 4.78 is 5.51. The first kappa shape index (κ1) is 21.7. The molecule has 3 N–H and O–H groups in total.